The van der Waals surface area contributed by atoms with Crippen molar-refractivity contribution in [3.8, 4) is 0 Å². The summed E-state index contributed by atoms with van der Waals surface area (Å²) in [6, 6.07) is -0.250. The van der Waals surface area contributed by atoms with Crippen molar-refractivity contribution in [3.05, 3.63) is 0 Å². The van der Waals surface area contributed by atoms with E-state index in [4.69, 9.17) is 5.73 Å². The Labute approximate surface area is 72.9 Å². The third-order valence-corrected chi connectivity index (χ3v) is 3.31. The van der Waals surface area contributed by atoms with Crippen LogP contribution in [0.4, 0.5) is 4.79 Å². The smallest absolute Gasteiger partial charge is 0.314 e. The number of primary amides is 1. The van der Waals surface area contributed by atoms with Crippen molar-refractivity contribution in [2.45, 2.75) is 26.2 Å². The van der Waals surface area contributed by atoms with E-state index in [1.807, 2.05) is 0 Å². The van der Waals surface area contributed by atoms with Crippen LogP contribution in [0, 0.1) is 11.3 Å². The van der Waals surface area contributed by atoms with Crippen LogP contribution < -0.4 is 5.73 Å². The van der Waals surface area contributed by atoms with Crippen LogP contribution in [-0.4, -0.2) is 24.0 Å². The van der Waals surface area contributed by atoms with E-state index in [-0.39, 0.29) is 6.03 Å². The standard InChI is InChI=1S/C9H16N2O/c1-7-2-3-9(4-7)5-11(6-9)8(10)12/h7H,2-6H2,1H3,(H2,10,12). The predicted molar refractivity (Wildman–Crippen MR) is 46.6 cm³/mol. The Bertz CT molecular complexity index is 209. The number of amides is 2. The second-order valence-corrected chi connectivity index (χ2v) is 4.54. The lowest BCUT2D eigenvalue weighted by molar-refractivity contribution is 0.0381. The van der Waals surface area contributed by atoms with Crippen molar-refractivity contribution < 1.29 is 4.79 Å². The summed E-state index contributed by atoms with van der Waals surface area (Å²) < 4.78 is 0. The van der Waals surface area contributed by atoms with Gasteiger partial charge >= 0.3 is 6.03 Å². The third kappa shape index (κ3) is 1.08. The van der Waals surface area contributed by atoms with E-state index >= 15 is 0 Å². The van der Waals surface area contributed by atoms with Gasteiger partial charge in [-0.15, -0.1) is 0 Å². The van der Waals surface area contributed by atoms with Gasteiger partial charge in [0.1, 0.15) is 0 Å². The maximum atomic E-state index is 10.8. The molecule has 3 nitrogen and oxygen atoms in total. The first kappa shape index (κ1) is 7.90. The third-order valence-electron chi connectivity index (χ3n) is 3.31. The van der Waals surface area contributed by atoms with Gasteiger partial charge < -0.3 is 10.6 Å². The average molecular weight is 168 g/mol. The van der Waals surface area contributed by atoms with Crippen LogP contribution in [-0.2, 0) is 0 Å². The Morgan fingerprint density at radius 2 is 2.25 bits per heavy atom. The molecule has 0 aromatic heterocycles. The number of hydrogen-bond acceptors (Lipinski definition) is 1. The Morgan fingerprint density at radius 1 is 1.58 bits per heavy atom. The minimum absolute atomic E-state index is 0.250. The molecule has 2 N–H and O–H groups in total. The van der Waals surface area contributed by atoms with E-state index < -0.39 is 0 Å². The summed E-state index contributed by atoms with van der Waals surface area (Å²) in [6.07, 6.45) is 3.90. The molecule has 1 saturated heterocycles. The van der Waals surface area contributed by atoms with Gasteiger partial charge in [0, 0.05) is 18.5 Å². The molecule has 1 unspecified atom stereocenters. The molecule has 68 valence electrons. The van der Waals surface area contributed by atoms with Crippen LogP contribution in [0.5, 0.6) is 0 Å². The van der Waals surface area contributed by atoms with Crippen molar-refractivity contribution in [2.75, 3.05) is 13.1 Å². The summed E-state index contributed by atoms with van der Waals surface area (Å²) in [6.45, 7) is 4.11. The van der Waals surface area contributed by atoms with E-state index in [1.54, 1.807) is 4.90 Å². The van der Waals surface area contributed by atoms with Gasteiger partial charge in [-0.3, -0.25) is 0 Å². The molecule has 0 aromatic rings. The highest BCUT2D eigenvalue weighted by Gasteiger charge is 2.47. The predicted octanol–water partition coefficient (Wildman–Crippen LogP) is 1.19. The molecular formula is C9H16N2O. The molecule has 2 aliphatic rings. The van der Waals surface area contributed by atoms with Gasteiger partial charge in [-0.25, -0.2) is 4.79 Å². The number of urea groups is 1. The van der Waals surface area contributed by atoms with Crippen LogP contribution in [0.25, 0.3) is 0 Å². The minimum atomic E-state index is -0.250. The van der Waals surface area contributed by atoms with E-state index in [2.05, 4.69) is 6.92 Å². The van der Waals surface area contributed by atoms with Crippen LogP contribution in [0.3, 0.4) is 0 Å². The Kier molecular flexibility index (Phi) is 1.56. The normalized spacial score (nSPS) is 32.1. The van der Waals surface area contributed by atoms with Gasteiger partial charge in [0.05, 0.1) is 0 Å². The second-order valence-electron chi connectivity index (χ2n) is 4.54. The monoisotopic (exact) mass is 168 g/mol. The lowest BCUT2D eigenvalue weighted by Gasteiger charge is -2.47. The molecule has 1 aliphatic carbocycles. The lowest BCUT2D eigenvalue weighted by Crippen LogP contribution is -2.58. The zero-order valence-corrected chi connectivity index (χ0v) is 7.55. The Balaban J connectivity index is 1.91. The zero-order valence-electron chi connectivity index (χ0n) is 7.55. The minimum Gasteiger partial charge on any atom is -0.351 e. The van der Waals surface area contributed by atoms with Gasteiger partial charge in [0.15, 0.2) is 0 Å². The number of carbonyl (C=O) groups excluding carboxylic acids is 1. The fourth-order valence-electron chi connectivity index (χ4n) is 2.70. The van der Waals surface area contributed by atoms with Crippen molar-refractivity contribution in [1.82, 2.24) is 4.90 Å². The maximum absolute atomic E-state index is 10.8. The maximum Gasteiger partial charge on any atom is 0.314 e. The molecule has 0 aromatic carbocycles. The van der Waals surface area contributed by atoms with Gasteiger partial charge in [0.25, 0.3) is 0 Å². The second kappa shape index (κ2) is 2.38. The lowest BCUT2D eigenvalue weighted by atomic mass is 9.78. The first-order chi connectivity index (χ1) is 5.61. The van der Waals surface area contributed by atoms with Gasteiger partial charge in [-0.05, 0) is 18.8 Å². The molecule has 12 heavy (non-hydrogen) atoms. The van der Waals surface area contributed by atoms with Gasteiger partial charge in [0.2, 0.25) is 0 Å². The number of hydrogen-bond donors (Lipinski definition) is 1. The fraction of sp³-hybridized carbons (Fsp3) is 0.889. The van der Waals surface area contributed by atoms with Crippen LogP contribution >= 0.6 is 0 Å². The van der Waals surface area contributed by atoms with Crippen LogP contribution in [0.15, 0.2) is 0 Å². The highest BCUT2D eigenvalue weighted by atomic mass is 16.2. The molecule has 1 atom stereocenters. The first-order valence-electron chi connectivity index (χ1n) is 4.66. The molecule has 2 amide bonds. The number of nitrogens with two attached hydrogens (primary N) is 1. The van der Waals surface area contributed by atoms with Crippen molar-refractivity contribution in [2.24, 2.45) is 17.1 Å². The van der Waals surface area contributed by atoms with E-state index in [0.29, 0.717) is 5.41 Å². The summed E-state index contributed by atoms with van der Waals surface area (Å²) in [5, 5.41) is 0. The summed E-state index contributed by atoms with van der Waals surface area (Å²) in [5.74, 6) is 0.847. The average Bonchev–Trinajstić information content (AvgIpc) is 2.27. The number of rotatable bonds is 0. The summed E-state index contributed by atoms with van der Waals surface area (Å²) in [7, 11) is 0. The van der Waals surface area contributed by atoms with Crippen LogP contribution in [0.1, 0.15) is 26.2 Å². The first-order valence-corrected chi connectivity index (χ1v) is 4.66. The van der Waals surface area contributed by atoms with Crippen molar-refractivity contribution in [3.63, 3.8) is 0 Å². The highest BCUT2D eigenvalue weighted by molar-refractivity contribution is 5.73. The van der Waals surface area contributed by atoms with Gasteiger partial charge in [-0.1, -0.05) is 13.3 Å². The molecule has 0 radical (unpaired) electrons. The largest absolute Gasteiger partial charge is 0.351 e. The fourth-order valence-corrected chi connectivity index (χ4v) is 2.70. The molecule has 1 heterocycles. The number of carbonyl (C=O) groups is 1. The zero-order chi connectivity index (χ0) is 8.77. The molecule has 0 bridgehead atoms. The quantitative estimate of drug-likeness (QED) is 0.580. The summed E-state index contributed by atoms with van der Waals surface area (Å²) >= 11 is 0. The molecule has 3 heteroatoms. The Morgan fingerprint density at radius 3 is 2.67 bits per heavy atom. The SMILES string of the molecule is CC1CCC2(C1)CN(C(N)=O)C2. The summed E-state index contributed by atoms with van der Waals surface area (Å²) in [4.78, 5) is 12.5. The van der Waals surface area contributed by atoms with Crippen molar-refractivity contribution >= 4 is 6.03 Å². The molecule has 2 fully saturated rings. The summed E-state index contributed by atoms with van der Waals surface area (Å²) in [5.41, 5.74) is 5.64. The van der Waals surface area contributed by atoms with E-state index in [9.17, 15) is 4.79 Å². The number of likely N-dealkylation sites (tertiary alicyclic amines) is 1. The van der Waals surface area contributed by atoms with Crippen molar-refractivity contribution in [1.29, 1.82) is 0 Å². The molecular weight excluding hydrogens is 152 g/mol. The van der Waals surface area contributed by atoms with Gasteiger partial charge in [-0.2, -0.15) is 0 Å². The molecule has 1 saturated carbocycles. The molecule has 1 aliphatic heterocycles. The number of nitrogens with zero attached hydrogens (tertiary/aromatic N) is 1. The molecule has 1 spiro atoms. The topological polar surface area (TPSA) is 46.3 Å². The van der Waals surface area contributed by atoms with E-state index in [1.165, 1.54) is 19.3 Å². The van der Waals surface area contributed by atoms with E-state index in [0.717, 1.165) is 19.0 Å². The van der Waals surface area contributed by atoms with Crippen LogP contribution in [0.2, 0.25) is 0 Å². The molecule has 2 rings (SSSR count). The highest BCUT2D eigenvalue weighted by Crippen LogP contribution is 2.47. The Hall–Kier alpha value is -0.730.